The molecule has 1 aliphatic rings. The lowest BCUT2D eigenvalue weighted by molar-refractivity contribution is -0.142. The van der Waals surface area contributed by atoms with Gasteiger partial charge in [-0.05, 0) is 18.2 Å². The average Bonchev–Trinajstić information content (AvgIpc) is 2.86. The molecule has 1 atom stereocenters. The molecule has 1 saturated heterocycles. The first kappa shape index (κ1) is 12.5. The molecule has 0 aromatic carbocycles. The molecule has 3 N–H and O–H groups in total. The van der Waals surface area contributed by atoms with Gasteiger partial charge in [-0.25, -0.2) is 8.42 Å². The Balaban J connectivity index is 2.28. The second-order valence-corrected chi connectivity index (χ2v) is 6.63. The normalized spacial score (nSPS) is 24.9. The van der Waals surface area contributed by atoms with E-state index in [9.17, 15) is 18.3 Å². The number of carboxylic acids is 1. The Kier molecular flexibility index (Phi) is 3.19. The Bertz CT molecular complexity index is 503. The van der Waals surface area contributed by atoms with Crippen LogP contribution >= 0.6 is 11.8 Å². The van der Waals surface area contributed by atoms with Gasteiger partial charge in [0.15, 0.2) is 0 Å². The summed E-state index contributed by atoms with van der Waals surface area (Å²) in [6, 6.07) is 1.39. The lowest BCUT2D eigenvalue weighted by Crippen LogP contribution is -2.54. The Hall–Kier alpha value is -0.990. The molecule has 1 aromatic rings. The highest BCUT2D eigenvalue weighted by Crippen LogP contribution is 2.29. The average molecular weight is 276 g/mol. The summed E-state index contributed by atoms with van der Waals surface area (Å²) in [6.07, 6.45) is 3.10. The summed E-state index contributed by atoms with van der Waals surface area (Å²) in [5.74, 6) is -0.227. The van der Waals surface area contributed by atoms with Crippen LogP contribution in [0.5, 0.6) is 0 Å². The summed E-state index contributed by atoms with van der Waals surface area (Å²) in [5, 5.41) is 9.18. The molecule has 1 fully saturated rings. The van der Waals surface area contributed by atoms with Crippen LogP contribution in [0.25, 0.3) is 0 Å². The molecule has 0 aliphatic carbocycles. The first-order valence-corrected chi connectivity index (χ1v) is 7.58. The van der Waals surface area contributed by atoms with E-state index in [2.05, 4.69) is 9.71 Å². The second kappa shape index (κ2) is 4.35. The fourth-order valence-corrected chi connectivity index (χ4v) is 4.43. The van der Waals surface area contributed by atoms with E-state index in [1.54, 1.807) is 0 Å². The summed E-state index contributed by atoms with van der Waals surface area (Å²) >= 11 is 1.43. The van der Waals surface area contributed by atoms with Crippen LogP contribution in [0.15, 0.2) is 23.4 Å². The van der Waals surface area contributed by atoms with Crippen LogP contribution in [0, 0.1) is 0 Å². The van der Waals surface area contributed by atoms with Gasteiger partial charge in [0.2, 0.25) is 10.0 Å². The molecule has 0 spiro atoms. The van der Waals surface area contributed by atoms with E-state index >= 15 is 0 Å². The van der Waals surface area contributed by atoms with Crippen molar-refractivity contribution in [2.45, 2.75) is 16.9 Å². The van der Waals surface area contributed by atoms with Crippen molar-refractivity contribution in [2.24, 2.45) is 0 Å². The maximum Gasteiger partial charge on any atom is 0.325 e. The topological polar surface area (TPSA) is 99.3 Å². The van der Waals surface area contributed by atoms with E-state index in [1.165, 1.54) is 30.2 Å². The number of thioether (sulfide) groups is 1. The van der Waals surface area contributed by atoms with Crippen molar-refractivity contribution >= 4 is 27.8 Å². The number of aliphatic carboxylic acids is 1. The standard InChI is InChI=1S/C9H12N2O4S2/c12-8(13)9(2-4-16-6-9)11-17(14,15)7-1-3-10-5-7/h1,3,5,10-11H,2,4,6H2,(H,12,13). The first-order valence-electron chi connectivity index (χ1n) is 4.94. The molecule has 94 valence electrons. The summed E-state index contributed by atoms with van der Waals surface area (Å²) in [4.78, 5) is 13.9. The van der Waals surface area contributed by atoms with Gasteiger partial charge in [0, 0.05) is 18.1 Å². The molecule has 1 unspecified atom stereocenters. The van der Waals surface area contributed by atoms with Crippen molar-refractivity contribution in [2.75, 3.05) is 11.5 Å². The van der Waals surface area contributed by atoms with Crippen LogP contribution in [-0.4, -0.2) is 41.5 Å². The van der Waals surface area contributed by atoms with Crippen LogP contribution in [-0.2, 0) is 14.8 Å². The number of aromatic amines is 1. The number of sulfonamides is 1. The largest absolute Gasteiger partial charge is 0.480 e. The molecule has 1 aromatic heterocycles. The minimum atomic E-state index is -3.78. The predicted molar refractivity (Wildman–Crippen MR) is 63.4 cm³/mol. The molecule has 0 saturated carbocycles. The zero-order chi connectivity index (χ0) is 12.5. The zero-order valence-electron chi connectivity index (χ0n) is 8.84. The highest BCUT2D eigenvalue weighted by Gasteiger charge is 2.45. The third-order valence-corrected chi connectivity index (χ3v) is 5.36. The van der Waals surface area contributed by atoms with Crippen LogP contribution in [0.1, 0.15) is 6.42 Å². The fraction of sp³-hybridized carbons (Fsp3) is 0.444. The molecule has 2 rings (SSSR count). The van der Waals surface area contributed by atoms with Crippen molar-refractivity contribution in [1.29, 1.82) is 0 Å². The Labute approximate surface area is 103 Å². The smallest absolute Gasteiger partial charge is 0.325 e. The number of H-pyrrole nitrogens is 1. The van der Waals surface area contributed by atoms with Crippen molar-refractivity contribution < 1.29 is 18.3 Å². The zero-order valence-corrected chi connectivity index (χ0v) is 10.5. The molecular weight excluding hydrogens is 264 g/mol. The summed E-state index contributed by atoms with van der Waals surface area (Å²) in [5.41, 5.74) is -1.37. The lowest BCUT2D eigenvalue weighted by atomic mass is 10.0. The van der Waals surface area contributed by atoms with Crippen LogP contribution in [0.4, 0.5) is 0 Å². The van der Waals surface area contributed by atoms with Gasteiger partial charge in [-0.15, -0.1) is 0 Å². The first-order chi connectivity index (χ1) is 7.96. The quantitative estimate of drug-likeness (QED) is 0.732. The maximum atomic E-state index is 12.0. The number of carbonyl (C=O) groups is 1. The number of hydrogen-bond acceptors (Lipinski definition) is 4. The number of aromatic nitrogens is 1. The van der Waals surface area contributed by atoms with Gasteiger partial charge >= 0.3 is 5.97 Å². The van der Waals surface area contributed by atoms with Gasteiger partial charge in [-0.1, -0.05) is 0 Å². The van der Waals surface area contributed by atoms with Gasteiger partial charge in [0.1, 0.15) is 5.54 Å². The van der Waals surface area contributed by atoms with E-state index < -0.39 is 21.5 Å². The monoisotopic (exact) mass is 276 g/mol. The lowest BCUT2D eigenvalue weighted by Gasteiger charge is -2.23. The van der Waals surface area contributed by atoms with E-state index in [0.29, 0.717) is 12.2 Å². The highest BCUT2D eigenvalue weighted by molar-refractivity contribution is 7.99. The number of hydrogen-bond donors (Lipinski definition) is 3. The fourth-order valence-electron chi connectivity index (χ4n) is 1.65. The van der Waals surface area contributed by atoms with Crippen molar-refractivity contribution in [1.82, 2.24) is 9.71 Å². The summed E-state index contributed by atoms with van der Waals surface area (Å²) in [6.45, 7) is 0. The van der Waals surface area contributed by atoms with E-state index in [4.69, 9.17) is 0 Å². The molecule has 1 aliphatic heterocycles. The minimum Gasteiger partial charge on any atom is -0.480 e. The predicted octanol–water partition coefficient (Wildman–Crippen LogP) is 0.253. The van der Waals surface area contributed by atoms with Gasteiger partial charge in [0.05, 0.1) is 4.90 Å². The molecular formula is C9H12N2O4S2. The highest BCUT2D eigenvalue weighted by atomic mass is 32.2. The molecule has 2 heterocycles. The van der Waals surface area contributed by atoms with Crippen molar-refractivity contribution in [3.8, 4) is 0 Å². The van der Waals surface area contributed by atoms with E-state index in [-0.39, 0.29) is 10.6 Å². The van der Waals surface area contributed by atoms with Gasteiger partial charge < -0.3 is 10.1 Å². The molecule has 6 nitrogen and oxygen atoms in total. The minimum absolute atomic E-state index is 0.0509. The second-order valence-electron chi connectivity index (χ2n) is 3.84. The Morgan fingerprint density at radius 3 is 2.82 bits per heavy atom. The SMILES string of the molecule is O=C(O)C1(NS(=O)(=O)c2cc[nH]c2)CCSC1. The van der Waals surface area contributed by atoms with Crippen LogP contribution in [0.3, 0.4) is 0 Å². The summed E-state index contributed by atoms with van der Waals surface area (Å²) < 4.78 is 26.2. The summed E-state index contributed by atoms with van der Waals surface area (Å²) in [7, 11) is -3.78. The van der Waals surface area contributed by atoms with Crippen LogP contribution < -0.4 is 4.72 Å². The van der Waals surface area contributed by atoms with Crippen molar-refractivity contribution in [3.63, 3.8) is 0 Å². The van der Waals surface area contributed by atoms with Crippen molar-refractivity contribution in [3.05, 3.63) is 18.5 Å². The maximum absolute atomic E-state index is 12.0. The molecule has 0 amide bonds. The van der Waals surface area contributed by atoms with Gasteiger partial charge in [0.25, 0.3) is 0 Å². The molecule has 0 bridgehead atoms. The van der Waals surface area contributed by atoms with Crippen LogP contribution in [0.2, 0.25) is 0 Å². The number of nitrogens with one attached hydrogen (secondary N) is 2. The molecule has 0 radical (unpaired) electrons. The van der Waals surface area contributed by atoms with Gasteiger partial charge in [-0.2, -0.15) is 16.5 Å². The van der Waals surface area contributed by atoms with Gasteiger partial charge in [-0.3, -0.25) is 4.79 Å². The number of rotatable bonds is 4. The Morgan fingerprint density at radius 1 is 1.59 bits per heavy atom. The van der Waals surface area contributed by atoms with E-state index in [0.717, 1.165) is 0 Å². The third kappa shape index (κ3) is 2.33. The third-order valence-electron chi connectivity index (χ3n) is 2.64. The Morgan fingerprint density at radius 2 is 2.35 bits per heavy atom. The number of carboxylic acid groups (broad SMARTS) is 1. The van der Waals surface area contributed by atoms with E-state index in [1.807, 2.05) is 0 Å². The molecule has 17 heavy (non-hydrogen) atoms. The molecule has 8 heteroatoms.